The predicted octanol–water partition coefficient (Wildman–Crippen LogP) is 1.14. The van der Waals surface area contributed by atoms with Crippen molar-refractivity contribution in [3.8, 4) is 0 Å². The fourth-order valence-electron chi connectivity index (χ4n) is 7.71. The van der Waals surface area contributed by atoms with Gasteiger partial charge in [-0.15, -0.1) is 22.1 Å². The van der Waals surface area contributed by atoms with Crippen LogP contribution in [0.25, 0.3) is 22.1 Å². The third kappa shape index (κ3) is 8.32. The number of aryl methyl sites for hydroxylation is 2. The summed E-state index contributed by atoms with van der Waals surface area (Å²) >= 11 is 0. The zero-order chi connectivity index (χ0) is 37.8. The van der Waals surface area contributed by atoms with Crippen molar-refractivity contribution in [2.24, 2.45) is 0 Å². The second-order valence-corrected chi connectivity index (χ2v) is 15.4. The molecule has 6 rings (SSSR count). The molecule has 2 N–H and O–H groups in total. The molecule has 284 valence electrons. The average molecular weight is 874 g/mol. The van der Waals surface area contributed by atoms with Crippen LogP contribution in [0.4, 0.5) is 0 Å². The summed E-state index contributed by atoms with van der Waals surface area (Å²) in [6, 6.07) is 5.52. The van der Waals surface area contributed by atoms with E-state index >= 15 is 0 Å². The Balaban J connectivity index is 0.00000325. The standard InChI is InChI=1S/C37H45N7O7S.K.Pd/c1-8-22-17(2)24-16-29-31(21(6)45)19(4)26(41-29)14-25-18(3)23(10-11-30(46)38-7)34(42-25)33-35-32(20(5)27(43-35)15-28(22)40-24)36(47)44(37(33)48)39-12-9-13-52(49,50)51;;/h14-18,22-23,39H,8-13H2,1-7H3,(H4,38,40,41,42,43,45,46,47,48,49,50,51);;/q;+1;+2/p-3/t17?,18?,22-,23+;;/m1../s1. The van der Waals surface area contributed by atoms with Crippen molar-refractivity contribution in [2.45, 2.75) is 90.9 Å². The molecular formula is C37H42KN7O7PdS. The summed E-state index contributed by atoms with van der Waals surface area (Å²) < 4.78 is 33.8. The summed E-state index contributed by atoms with van der Waals surface area (Å²) in [5, 5.41) is 3.48. The minimum absolute atomic E-state index is 0. The monoisotopic (exact) mass is 873 g/mol. The van der Waals surface area contributed by atoms with Crippen LogP contribution in [0.3, 0.4) is 0 Å². The van der Waals surface area contributed by atoms with Gasteiger partial charge in [0.05, 0.1) is 15.8 Å². The van der Waals surface area contributed by atoms with Crippen LogP contribution < -0.4 is 72.1 Å². The Hall–Kier alpha value is -2.43. The Labute approximate surface area is 370 Å². The number of hydrogen-bond donors (Lipinski definition) is 2. The van der Waals surface area contributed by atoms with Crippen molar-refractivity contribution in [3.05, 3.63) is 68.8 Å². The van der Waals surface area contributed by atoms with E-state index in [1.807, 2.05) is 32.0 Å². The van der Waals surface area contributed by atoms with Gasteiger partial charge in [-0.1, -0.05) is 50.1 Å². The number of carbonyl (C=O) groups is 4. The Bertz CT molecular complexity index is 2310. The number of hydrazine groups is 1. The smallest absolute Gasteiger partial charge is 0.748 e. The Kier molecular flexibility index (Phi) is 14.2. The number of fused-ring (bicyclic) bond motifs is 8. The maximum Gasteiger partial charge on any atom is 2.00 e. The maximum atomic E-state index is 14.5. The van der Waals surface area contributed by atoms with Crippen LogP contribution in [0.15, 0.2) is 18.2 Å². The number of aromatic nitrogens is 4. The third-order valence-electron chi connectivity index (χ3n) is 10.6. The molecule has 0 radical (unpaired) electrons. The van der Waals surface area contributed by atoms with E-state index in [9.17, 15) is 32.1 Å². The topological polar surface area (TPSA) is 207 Å². The molecule has 17 heteroatoms. The molecule has 54 heavy (non-hydrogen) atoms. The molecule has 4 atom stereocenters. The Morgan fingerprint density at radius 3 is 2.13 bits per heavy atom. The van der Waals surface area contributed by atoms with Gasteiger partial charge in [-0.05, 0) is 40.0 Å². The average Bonchev–Trinajstić information content (AvgIpc) is 3.76. The molecule has 8 bridgehead atoms. The van der Waals surface area contributed by atoms with Crippen molar-refractivity contribution < 1.29 is 104 Å². The first kappa shape index (κ1) is 44.3. The van der Waals surface area contributed by atoms with E-state index in [-0.39, 0.29) is 137 Å². The van der Waals surface area contributed by atoms with E-state index in [0.29, 0.717) is 51.0 Å². The van der Waals surface area contributed by atoms with Crippen LogP contribution in [0.5, 0.6) is 0 Å². The molecule has 2 unspecified atom stereocenters. The number of ketones is 1. The second-order valence-electron chi connectivity index (χ2n) is 13.9. The number of rotatable bonds is 10. The van der Waals surface area contributed by atoms with Crippen LogP contribution >= 0.6 is 0 Å². The number of nitrogens with zero attached hydrogens (tertiary/aromatic N) is 5. The largest absolute Gasteiger partial charge is 2.00 e. The maximum absolute atomic E-state index is 14.5. The molecule has 0 saturated carbocycles. The van der Waals surface area contributed by atoms with Crippen LogP contribution in [0, 0.1) is 13.8 Å². The van der Waals surface area contributed by atoms with E-state index in [4.69, 9.17) is 19.9 Å². The number of imide groups is 1. The minimum atomic E-state index is -4.51. The molecular weight excluding hydrogens is 832 g/mol. The van der Waals surface area contributed by atoms with Crippen LogP contribution in [0.2, 0.25) is 0 Å². The first-order chi connectivity index (χ1) is 24.6. The first-order valence-electron chi connectivity index (χ1n) is 17.5. The van der Waals surface area contributed by atoms with Gasteiger partial charge in [-0.25, -0.2) is 18.9 Å². The molecule has 0 aromatic carbocycles. The molecule has 0 saturated heterocycles. The zero-order valence-corrected chi connectivity index (χ0v) is 37.1. The van der Waals surface area contributed by atoms with Crippen LogP contribution in [-0.4, -0.2) is 70.8 Å². The molecule has 0 aliphatic carbocycles. The summed E-state index contributed by atoms with van der Waals surface area (Å²) in [5.41, 5.74) is 8.84. The summed E-state index contributed by atoms with van der Waals surface area (Å²) in [5.74, 6) is -3.19. The van der Waals surface area contributed by atoms with Gasteiger partial charge in [0, 0.05) is 83.2 Å². The number of nitrogens with one attached hydrogen (secondary N) is 2. The summed E-state index contributed by atoms with van der Waals surface area (Å²) in [7, 11) is -2.97. The number of amides is 3. The van der Waals surface area contributed by atoms with Crippen LogP contribution in [0.1, 0.15) is 142 Å². The fourth-order valence-corrected chi connectivity index (χ4v) is 8.21. The van der Waals surface area contributed by atoms with Gasteiger partial charge >= 0.3 is 71.8 Å². The van der Waals surface area contributed by atoms with E-state index in [0.717, 1.165) is 22.8 Å². The SMILES string of the molecule is CC[C@H]1c2cc3[n-]c4c(c5nc(cc6[n-]c(cc(n2)C1C)c(C(C)=O)c6C)C(C)[C@@H]5CCC(=O)NC)C(=O)N(NCCCS(=O)(=O)[O-])C(=O)c4c3C.[K+].[Pd+2]. The predicted molar refractivity (Wildman–Crippen MR) is 192 cm³/mol. The van der Waals surface area contributed by atoms with Crippen LogP contribution in [-0.2, 0) is 35.3 Å². The summed E-state index contributed by atoms with van der Waals surface area (Å²) in [4.78, 5) is 74.0. The molecule has 0 spiro atoms. The molecule has 3 aromatic rings. The third-order valence-corrected chi connectivity index (χ3v) is 11.4. The van der Waals surface area contributed by atoms with Crippen molar-refractivity contribution in [2.75, 3.05) is 19.3 Å². The van der Waals surface area contributed by atoms with Gasteiger partial charge in [0.1, 0.15) is 0 Å². The quantitative estimate of drug-likeness (QED) is 0.0968. The first-order valence-corrected chi connectivity index (χ1v) is 19.1. The van der Waals surface area contributed by atoms with Gasteiger partial charge in [0.15, 0.2) is 5.78 Å². The molecule has 3 aromatic heterocycles. The fraction of sp³-hybridized carbons (Fsp3) is 0.459. The number of hydrogen-bond acceptors (Lipinski definition) is 10. The van der Waals surface area contributed by atoms with Gasteiger partial charge in [0.2, 0.25) is 5.91 Å². The number of carbonyl (C=O) groups excluding carboxylic acids is 4. The summed E-state index contributed by atoms with van der Waals surface area (Å²) in [6.07, 6.45) is 1.08. The normalized spacial score (nSPS) is 19.3. The van der Waals surface area contributed by atoms with E-state index in [1.54, 1.807) is 14.0 Å². The van der Waals surface area contributed by atoms with Crippen molar-refractivity contribution in [1.29, 1.82) is 0 Å². The molecule has 0 fully saturated rings. The van der Waals surface area contributed by atoms with E-state index in [2.05, 4.69) is 24.6 Å². The van der Waals surface area contributed by atoms with Crippen molar-refractivity contribution in [1.82, 2.24) is 35.7 Å². The van der Waals surface area contributed by atoms with Crippen molar-refractivity contribution >= 4 is 55.7 Å². The number of Topliss-reactive ketones (excluding diaryl/α,β-unsaturated/α-hetero) is 1. The van der Waals surface area contributed by atoms with Gasteiger partial charge < -0.3 is 19.8 Å². The zero-order valence-electron chi connectivity index (χ0n) is 31.6. The Morgan fingerprint density at radius 1 is 0.907 bits per heavy atom. The summed E-state index contributed by atoms with van der Waals surface area (Å²) in [6.45, 7) is 11.0. The molecule has 14 nitrogen and oxygen atoms in total. The van der Waals surface area contributed by atoms with Gasteiger partial charge in [-0.2, -0.15) is 0 Å². The van der Waals surface area contributed by atoms with Gasteiger partial charge in [-0.3, -0.25) is 29.1 Å². The minimum Gasteiger partial charge on any atom is -0.748 e. The van der Waals surface area contributed by atoms with E-state index < -0.39 is 33.6 Å². The van der Waals surface area contributed by atoms with Crippen molar-refractivity contribution in [3.63, 3.8) is 0 Å². The molecule has 3 aliphatic rings. The molecule has 3 aliphatic heterocycles. The second kappa shape index (κ2) is 17.4. The molecule has 6 heterocycles. The Morgan fingerprint density at radius 2 is 1.50 bits per heavy atom. The van der Waals surface area contributed by atoms with E-state index in [1.165, 1.54) is 6.92 Å². The molecule has 3 amide bonds. The van der Waals surface area contributed by atoms with Gasteiger partial charge in [0.25, 0.3) is 11.8 Å².